The molecule has 0 atom stereocenters. The van der Waals surface area contributed by atoms with Crippen molar-refractivity contribution in [3.05, 3.63) is 166 Å². The number of rotatable bonds is 3. The smallest absolute Gasteiger partial charge is 0.138 e. The second kappa shape index (κ2) is 8.65. The summed E-state index contributed by atoms with van der Waals surface area (Å²) in [5.41, 5.74) is 14.2. The number of hydrogen-bond acceptors (Lipinski definition) is 1. The van der Waals surface area contributed by atoms with Gasteiger partial charge in [0, 0.05) is 16.5 Å². The van der Waals surface area contributed by atoms with Gasteiger partial charge in [0.1, 0.15) is 5.60 Å². The molecule has 1 N–H and O–H groups in total. The zero-order chi connectivity index (χ0) is 26.9. The Kier molecular flexibility index (Phi) is 5.12. The van der Waals surface area contributed by atoms with Crippen LogP contribution in [0.5, 0.6) is 0 Å². The molecular formula is C39H32O. The third-order valence-electron chi connectivity index (χ3n) is 9.96. The molecule has 4 aromatic rings. The minimum absolute atomic E-state index is 0.0875. The number of aliphatic hydroxyl groups is 1. The first-order valence-electron chi connectivity index (χ1n) is 14.5. The van der Waals surface area contributed by atoms with Crippen molar-refractivity contribution in [1.82, 2.24) is 0 Å². The topological polar surface area (TPSA) is 20.2 Å². The lowest BCUT2D eigenvalue weighted by Gasteiger charge is -2.34. The van der Waals surface area contributed by atoms with E-state index in [1.165, 1.54) is 39.0 Å². The highest BCUT2D eigenvalue weighted by Crippen LogP contribution is 2.55. The number of benzene rings is 4. The van der Waals surface area contributed by atoms with Crippen LogP contribution in [0.25, 0.3) is 22.3 Å². The van der Waals surface area contributed by atoms with Crippen molar-refractivity contribution in [2.75, 3.05) is 0 Å². The highest BCUT2D eigenvalue weighted by atomic mass is 16.3. The highest BCUT2D eigenvalue weighted by Gasteiger charge is 2.45. The SMILES string of the molecule is CC1(C2=CC=C(C3=CC=C(C4(O)c5ccccc5-c5ccccc54)CC3)CC2)c2ccccc2-c2ccccc21. The van der Waals surface area contributed by atoms with Crippen LogP contribution in [0.4, 0.5) is 0 Å². The van der Waals surface area contributed by atoms with E-state index in [4.69, 9.17) is 0 Å². The summed E-state index contributed by atoms with van der Waals surface area (Å²) in [6.45, 7) is 2.41. The summed E-state index contributed by atoms with van der Waals surface area (Å²) in [5.74, 6) is 0. The van der Waals surface area contributed by atoms with E-state index in [2.05, 4.69) is 116 Å². The van der Waals surface area contributed by atoms with E-state index in [-0.39, 0.29) is 5.41 Å². The summed E-state index contributed by atoms with van der Waals surface area (Å²) in [5, 5.41) is 12.2. The molecule has 0 amide bonds. The summed E-state index contributed by atoms with van der Waals surface area (Å²) in [4.78, 5) is 0. The molecule has 0 fully saturated rings. The van der Waals surface area contributed by atoms with Crippen LogP contribution in [0.15, 0.2) is 144 Å². The predicted octanol–water partition coefficient (Wildman–Crippen LogP) is 9.18. The van der Waals surface area contributed by atoms with Crippen molar-refractivity contribution >= 4 is 0 Å². The van der Waals surface area contributed by atoms with Crippen LogP contribution >= 0.6 is 0 Å². The summed E-state index contributed by atoms with van der Waals surface area (Å²) in [6.07, 6.45) is 13.2. The molecule has 0 saturated carbocycles. The Labute approximate surface area is 236 Å². The lowest BCUT2D eigenvalue weighted by Crippen LogP contribution is -2.28. The number of hydrogen-bond donors (Lipinski definition) is 1. The Balaban J connectivity index is 1.14. The van der Waals surface area contributed by atoms with Crippen molar-refractivity contribution in [2.24, 2.45) is 0 Å². The average Bonchev–Trinajstić information content (AvgIpc) is 3.45. The quantitative estimate of drug-likeness (QED) is 0.288. The molecule has 0 aromatic heterocycles. The number of fused-ring (bicyclic) bond motifs is 6. The van der Waals surface area contributed by atoms with Gasteiger partial charge in [-0.3, -0.25) is 0 Å². The molecule has 0 unspecified atom stereocenters. The van der Waals surface area contributed by atoms with Crippen molar-refractivity contribution in [3.8, 4) is 22.3 Å². The van der Waals surface area contributed by atoms with Crippen LogP contribution in [0, 0.1) is 0 Å². The first kappa shape index (κ1) is 23.7. The molecule has 194 valence electrons. The van der Waals surface area contributed by atoms with Gasteiger partial charge in [0.2, 0.25) is 0 Å². The summed E-state index contributed by atoms with van der Waals surface area (Å²) < 4.78 is 0. The van der Waals surface area contributed by atoms with E-state index >= 15 is 0 Å². The van der Waals surface area contributed by atoms with Gasteiger partial charge in [-0.1, -0.05) is 127 Å². The predicted molar refractivity (Wildman–Crippen MR) is 164 cm³/mol. The molecule has 0 bridgehead atoms. The molecule has 0 heterocycles. The van der Waals surface area contributed by atoms with Crippen LogP contribution in [-0.4, -0.2) is 5.11 Å². The Bertz CT molecular complexity index is 1600. The van der Waals surface area contributed by atoms with Gasteiger partial charge in [0.15, 0.2) is 0 Å². The molecule has 4 aliphatic rings. The molecular weight excluding hydrogens is 484 g/mol. The molecule has 8 rings (SSSR count). The van der Waals surface area contributed by atoms with Crippen molar-refractivity contribution < 1.29 is 5.11 Å². The third-order valence-corrected chi connectivity index (χ3v) is 9.96. The van der Waals surface area contributed by atoms with Crippen LogP contribution in [-0.2, 0) is 11.0 Å². The molecule has 1 nitrogen and oxygen atoms in total. The van der Waals surface area contributed by atoms with Crippen LogP contribution in [0.2, 0.25) is 0 Å². The number of allylic oxidation sites excluding steroid dienone is 7. The molecule has 0 aliphatic heterocycles. The van der Waals surface area contributed by atoms with Crippen molar-refractivity contribution in [2.45, 2.75) is 43.6 Å². The Morgan fingerprint density at radius 1 is 0.450 bits per heavy atom. The van der Waals surface area contributed by atoms with E-state index in [1.807, 2.05) is 12.1 Å². The fraction of sp³-hybridized carbons (Fsp3) is 0.179. The Hall–Kier alpha value is -4.20. The normalized spacial score (nSPS) is 19.4. The maximum atomic E-state index is 12.2. The van der Waals surface area contributed by atoms with E-state index in [1.54, 1.807) is 0 Å². The largest absolute Gasteiger partial charge is 0.376 e. The first-order valence-corrected chi connectivity index (χ1v) is 14.5. The van der Waals surface area contributed by atoms with Crippen LogP contribution in [0.3, 0.4) is 0 Å². The minimum Gasteiger partial charge on any atom is -0.376 e. The van der Waals surface area contributed by atoms with E-state index in [9.17, 15) is 5.11 Å². The summed E-state index contributed by atoms with van der Waals surface area (Å²) in [7, 11) is 0. The molecule has 4 aliphatic carbocycles. The van der Waals surface area contributed by atoms with Gasteiger partial charge >= 0.3 is 0 Å². The zero-order valence-corrected chi connectivity index (χ0v) is 22.8. The highest BCUT2D eigenvalue weighted by molar-refractivity contribution is 5.84. The van der Waals surface area contributed by atoms with E-state index in [0.29, 0.717) is 0 Å². The standard InChI is InChI=1S/C39H32O/c1-38(34-14-6-2-10-30(34)31-11-3-7-15-35(31)38)28-22-18-26(19-23-28)27-20-24-29(25-21-27)39(40)36-16-8-4-12-32(36)33-13-5-9-17-37(33)39/h2-18,20,22,24,40H,19,21,23,25H2,1H3. The Morgan fingerprint density at radius 3 is 1.25 bits per heavy atom. The van der Waals surface area contributed by atoms with Gasteiger partial charge in [-0.25, -0.2) is 0 Å². The first-order chi connectivity index (χ1) is 19.6. The van der Waals surface area contributed by atoms with Gasteiger partial charge < -0.3 is 5.11 Å². The van der Waals surface area contributed by atoms with Crippen LogP contribution < -0.4 is 0 Å². The summed E-state index contributed by atoms with van der Waals surface area (Å²) in [6, 6.07) is 34.5. The lowest BCUT2D eigenvalue weighted by molar-refractivity contribution is 0.121. The fourth-order valence-electron chi connectivity index (χ4n) is 7.88. The molecule has 1 heteroatoms. The van der Waals surface area contributed by atoms with Gasteiger partial charge in [0.25, 0.3) is 0 Å². The maximum Gasteiger partial charge on any atom is 0.138 e. The maximum absolute atomic E-state index is 12.2. The summed E-state index contributed by atoms with van der Waals surface area (Å²) >= 11 is 0. The molecule has 0 saturated heterocycles. The van der Waals surface area contributed by atoms with Gasteiger partial charge in [-0.05, 0) is 82.7 Å². The second-order valence-electron chi connectivity index (χ2n) is 11.8. The van der Waals surface area contributed by atoms with E-state index in [0.717, 1.165) is 53.5 Å². The third kappa shape index (κ3) is 3.13. The van der Waals surface area contributed by atoms with Gasteiger partial charge in [-0.2, -0.15) is 0 Å². The molecule has 0 radical (unpaired) electrons. The second-order valence-corrected chi connectivity index (χ2v) is 11.8. The molecule has 0 spiro atoms. The van der Waals surface area contributed by atoms with E-state index < -0.39 is 5.60 Å². The molecule has 40 heavy (non-hydrogen) atoms. The monoisotopic (exact) mass is 516 g/mol. The van der Waals surface area contributed by atoms with Crippen molar-refractivity contribution in [1.29, 1.82) is 0 Å². The van der Waals surface area contributed by atoms with Gasteiger partial charge in [0.05, 0.1) is 0 Å². The van der Waals surface area contributed by atoms with Gasteiger partial charge in [-0.15, -0.1) is 0 Å². The molecule has 4 aromatic carbocycles. The van der Waals surface area contributed by atoms with Crippen molar-refractivity contribution in [3.63, 3.8) is 0 Å². The lowest BCUT2D eigenvalue weighted by atomic mass is 9.70. The average molecular weight is 517 g/mol. The van der Waals surface area contributed by atoms with Crippen LogP contribution in [0.1, 0.15) is 54.9 Å². The zero-order valence-electron chi connectivity index (χ0n) is 22.8. The Morgan fingerprint density at radius 2 is 0.825 bits per heavy atom. The fourth-order valence-corrected chi connectivity index (χ4v) is 7.88. The minimum atomic E-state index is -1.05.